The Hall–Kier alpha value is 0.900. The van der Waals surface area contributed by atoms with Gasteiger partial charge in [0.05, 0.1) is 45.3 Å². The van der Waals surface area contributed by atoms with E-state index in [-0.39, 0.29) is 10.8 Å². The molecule has 0 nitrogen and oxygen atoms in total. The molecule has 4 aromatic heterocycles. The summed E-state index contributed by atoms with van der Waals surface area (Å²) in [5.41, 5.74) is 2.71. The summed E-state index contributed by atoms with van der Waals surface area (Å²) in [5.74, 6) is 0. The molecule has 0 N–H and O–H groups in total. The molecule has 0 unspecified atom stereocenters. The maximum Gasteiger partial charge on any atom is 0.269 e. The second-order valence-electron chi connectivity index (χ2n) is 7.53. The minimum Gasteiger partial charge on any atom is -0.147 e. The van der Waals surface area contributed by atoms with Crippen molar-refractivity contribution in [1.29, 1.82) is 0 Å². The van der Waals surface area contributed by atoms with Gasteiger partial charge in [0.1, 0.15) is 10.8 Å². The van der Waals surface area contributed by atoms with Gasteiger partial charge in [-0.05, 0) is 72.9 Å². The van der Waals surface area contributed by atoms with Crippen LogP contribution in [0.25, 0.3) is 11.1 Å². The first kappa shape index (κ1) is 24.6. The Morgan fingerprint density at radius 2 is 1.06 bits per heavy atom. The number of fused-ring (bicyclic) bond motifs is 3. The normalized spacial score (nSPS) is 22.2. The third-order valence-electron chi connectivity index (χ3n) is 6.16. The van der Waals surface area contributed by atoms with Crippen molar-refractivity contribution in [2.45, 2.75) is 41.5 Å². The molecule has 4 aromatic rings. The van der Waals surface area contributed by atoms with Crippen LogP contribution in [0.1, 0.15) is 32.0 Å². The fraction of sp³-hybridized carbons (Fsp3) is 0.364. The molecule has 168 valence electrons. The van der Waals surface area contributed by atoms with Gasteiger partial charge in [-0.3, -0.25) is 0 Å². The van der Waals surface area contributed by atoms with Gasteiger partial charge in [-0.1, -0.05) is 47.0 Å². The van der Waals surface area contributed by atoms with Gasteiger partial charge in [0.15, 0.2) is 0 Å². The van der Waals surface area contributed by atoms with Crippen LogP contribution >= 0.6 is 115 Å². The molecule has 1 aliphatic carbocycles. The molecular weight excluding hydrogens is 585 g/mol. The molecule has 0 aliphatic heterocycles. The van der Waals surface area contributed by atoms with Crippen molar-refractivity contribution in [2.24, 2.45) is 0 Å². The van der Waals surface area contributed by atoms with Crippen molar-refractivity contribution in [3.05, 3.63) is 41.0 Å². The van der Waals surface area contributed by atoms with Gasteiger partial charge >= 0.3 is 0 Å². The van der Waals surface area contributed by atoms with E-state index in [0.29, 0.717) is 0 Å². The highest BCUT2D eigenvalue weighted by atomic mass is 32.2. The van der Waals surface area contributed by atoms with Crippen LogP contribution in [0.3, 0.4) is 0 Å². The van der Waals surface area contributed by atoms with Crippen molar-refractivity contribution in [2.75, 3.05) is 25.0 Å². The van der Waals surface area contributed by atoms with Gasteiger partial charge in [0.2, 0.25) is 16.8 Å². The summed E-state index contributed by atoms with van der Waals surface area (Å²) in [6.07, 6.45) is 8.87. The Morgan fingerprint density at radius 1 is 0.656 bits per heavy atom. The minimum atomic E-state index is -0.0884. The highest BCUT2D eigenvalue weighted by Gasteiger charge is 2.64. The summed E-state index contributed by atoms with van der Waals surface area (Å²) in [7, 11) is 0. The summed E-state index contributed by atoms with van der Waals surface area (Å²) in [5, 5.41) is 4.61. The average molecular weight is 607 g/mol. The maximum absolute atomic E-state index is 2.53. The number of thiophene rings is 2. The summed E-state index contributed by atoms with van der Waals surface area (Å²) in [6.45, 7) is 5.07. The van der Waals surface area contributed by atoms with Crippen molar-refractivity contribution >= 4 is 115 Å². The molecule has 0 radical (unpaired) electrons. The van der Waals surface area contributed by atoms with E-state index in [1.165, 1.54) is 46.1 Å². The molecule has 1 aliphatic rings. The number of hydrogen-bond donors (Lipinski definition) is 0. The van der Waals surface area contributed by atoms with Crippen LogP contribution in [0.5, 0.6) is 0 Å². The Kier molecular flexibility index (Phi) is 7.23. The molecule has 0 amide bonds. The largest absolute Gasteiger partial charge is 0.269 e. The minimum absolute atomic E-state index is 0.0884. The molecule has 10 heteroatoms. The van der Waals surface area contributed by atoms with Crippen LogP contribution in [-0.4, -0.2) is 25.0 Å². The smallest absolute Gasteiger partial charge is 0.147 e. The van der Waals surface area contributed by atoms with E-state index >= 15 is 0 Å². The molecule has 0 saturated carbocycles. The summed E-state index contributed by atoms with van der Waals surface area (Å²) in [6, 6.07) is 4.70. The van der Waals surface area contributed by atoms with Gasteiger partial charge in [0.25, 0.3) is 8.38 Å². The lowest BCUT2D eigenvalue weighted by Crippen LogP contribution is -2.46. The van der Waals surface area contributed by atoms with Gasteiger partial charge in [0, 0.05) is 9.75 Å². The molecule has 0 bridgehead atoms. The molecule has 5 rings (SSSR count). The van der Waals surface area contributed by atoms with Crippen LogP contribution in [-0.2, 0) is 10.8 Å². The van der Waals surface area contributed by atoms with Gasteiger partial charge < -0.3 is 0 Å². The van der Waals surface area contributed by atoms with Crippen LogP contribution in [0.4, 0.5) is 0 Å². The van der Waals surface area contributed by atoms with E-state index in [2.05, 4.69) is 61.8 Å². The van der Waals surface area contributed by atoms with Crippen molar-refractivity contribution in [3.63, 3.8) is 0 Å². The molecule has 0 fully saturated rings. The van der Waals surface area contributed by atoms with Crippen LogP contribution in [0, 0.1) is 0 Å². The molecule has 4 heterocycles. The topological polar surface area (TPSA) is 0 Å². The third kappa shape index (κ3) is 3.42. The van der Waals surface area contributed by atoms with E-state index < -0.39 is 0 Å². The van der Waals surface area contributed by atoms with E-state index in [1.807, 2.05) is 115 Å². The first-order valence-electron chi connectivity index (χ1n) is 9.71. The molecule has 2 atom stereocenters. The van der Waals surface area contributed by atoms with E-state index in [1.54, 1.807) is 0 Å². The fourth-order valence-electron chi connectivity index (χ4n) is 4.32. The SMILES string of the molecule is CSc1sc([C@]2(C)c3sccc3-c3ccsc3[C@@]2(C)c2sc(SC)c(SC)[s+]2)[s+]c1SC. The number of thioether (sulfide) groups is 4. The van der Waals surface area contributed by atoms with Gasteiger partial charge in [-0.15, -0.1) is 22.7 Å². The molecule has 32 heavy (non-hydrogen) atoms. The Labute approximate surface area is 231 Å². The first-order chi connectivity index (χ1) is 15.4. The van der Waals surface area contributed by atoms with Crippen molar-refractivity contribution in [1.82, 2.24) is 0 Å². The lowest BCUT2D eigenvalue weighted by molar-refractivity contribution is 0.392. The number of rotatable bonds is 6. The van der Waals surface area contributed by atoms with Crippen molar-refractivity contribution < 1.29 is 0 Å². The Morgan fingerprint density at radius 3 is 1.38 bits per heavy atom. The van der Waals surface area contributed by atoms with Crippen LogP contribution in [0.15, 0.2) is 39.7 Å². The highest BCUT2D eigenvalue weighted by molar-refractivity contribution is 8.04. The van der Waals surface area contributed by atoms with Crippen LogP contribution in [0.2, 0.25) is 0 Å². The van der Waals surface area contributed by atoms with E-state index in [4.69, 9.17) is 0 Å². The average Bonchev–Trinajstić information content (AvgIpc) is 3.60. The van der Waals surface area contributed by atoms with Gasteiger partial charge in [-0.2, -0.15) is 0 Å². The molecule has 0 aromatic carbocycles. The second kappa shape index (κ2) is 9.41. The predicted molar refractivity (Wildman–Crippen MR) is 161 cm³/mol. The summed E-state index contributed by atoms with van der Waals surface area (Å²) >= 11 is 19.6. The van der Waals surface area contributed by atoms with E-state index in [0.717, 1.165) is 0 Å². The molecule has 0 saturated heterocycles. The standard InChI is InChI=1S/C22H22S10/c1-21(19-29-15(23-3)16(24-4)30-19)13-11(7-9-27-13)12-8-10-28-14(12)22(21,2)20-31-17(25-5)18(26-6)32-20/h7-10H,1-6H3/q+2/t21-,22-/m0/s1. The van der Waals surface area contributed by atoms with Crippen molar-refractivity contribution in [3.8, 4) is 11.1 Å². The number of hydrogen-bond acceptors (Lipinski definition) is 8. The fourth-order valence-corrected chi connectivity index (χ4v) is 18.0. The lowest BCUT2D eigenvalue weighted by atomic mass is 9.61. The van der Waals surface area contributed by atoms with E-state index in [9.17, 15) is 0 Å². The Bertz CT molecular complexity index is 1130. The molecule has 0 spiro atoms. The second-order valence-corrected chi connectivity index (χ2v) is 18.3. The summed E-state index contributed by atoms with van der Waals surface area (Å²) < 4.78 is 8.91. The zero-order valence-electron chi connectivity index (χ0n) is 18.4. The third-order valence-corrected chi connectivity index (χ3v) is 19.7. The lowest BCUT2D eigenvalue weighted by Gasteiger charge is -2.42. The highest BCUT2D eigenvalue weighted by Crippen LogP contribution is 2.67. The maximum atomic E-state index is 2.53. The molecular formula is C22H22S10+2. The Balaban J connectivity index is 1.86. The zero-order chi connectivity index (χ0) is 22.7. The quantitative estimate of drug-likeness (QED) is 0.158. The first-order valence-corrected chi connectivity index (χ1v) is 19.6. The van der Waals surface area contributed by atoms with Crippen LogP contribution < -0.4 is 0 Å². The summed E-state index contributed by atoms with van der Waals surface area (Å²) in [4.78, 5) is 3.06. The monoisotopic (exact) mass is 606 g/mol. The zero-order valence-corrected chi connectivity index (χ0v) is 26.6. The predicted octanol–water partition coefficient (Wildman–Crippen LogP) is 10.8. The van der Waals surface area contributed by atoms with Gasteiger partial charge in [-0.25, -0.2) is 0 Å².